The average Bonchev–Trinajstić information content (AvgIpc) is 2.26. The van der Waals surface area contributed by atoms with Crippen LogP contribution in [0.1, 0.15) is 38.1 Å². The lowest BCUT2D eigenvalue weighted by atomic mass is 9.95. The van der Waals surface area contributed by atoms with Crippen LogP contribution in [0.15, 0.2) is 21.7 Å². The van der Waals surface area contributed by atoms with Crippen molar-refractivity contribution in [1.29, 1.82) is 0 Å². The summed E-state index contributed by atoms with van der Waals surface area (Å²) in [5.74, 6) is 0. The molecule has 0 spiro atoms. The van der Waals surface area contributed by atoms with Gasteiger partial charge in [-0.15, -0.1) is 0 Å². The lowest BCUT2D eigenvalue weighted by molar-refractivity contribution is 0.352. The topological polar surface area (TPSA) is 48.0 Å². The number of nitrogens with two attached hydrogens (primary N) is 1. The summed E-state index contributed by atoms with van der Waals surface area (Å²) in [6.45, 7) is 0. The lowest BCUT2D eigenvalue weighted by Crippen LogP contribution is -2.18. The Balaban J connectivity index is 2.31. The Hall–Kier alpha value is -0.770. The van der Waals surface area contributed by atoms with Gasteiger partial charge >= 0.3 is 0 Å². The molecule has 1 aromatic heterocycles. The van der Waals surface area contributed by atoms with Crippen molar-refractivity contribution in [2.45, 2.75) is 38.1 Å². The molecular weight excluding hydrogens is 256 g/mol. The van der Waals surface area contributed by atoms with Gasteiger partial charge in [-0.05, 0) is 28.8 Å². The van der Waals surface area contributed by atoms with E-state index in [4.69, 9.17) is 5.73 Å². The van der Waals surface area contributed by atoms with Crippen LogP contribution in [-0.2, 0) is 0 Å². The smallest absolute Gasteiger partial charge is 0.218 e. The highest BCUT2D eigenvalue weighted by Gasteiger charge is 2.15. The maximum atomic E-state index is 11.4. The third kappa shape index (κ3) is 2.25. The summed E-state index contributed by atoms with van der Waals surface area (Å²) in [6, 6.07) is 0.512. The Kier molecular flexibility index (Phi) is 3.14. The monoisotopic (exact) mass is 270 g/mol. The first-order valence-corrected chi connectivity index (χ1v) is 6.14. The zero-order chi connectivity index (χ0) is 10.8. The van der Waals surface area contributed by atoms with Crippen LogP contribution in [-0.4, -0.2) is 4.57 Å². The van der Waals surface area contributed by atoms with Gasteiger partial charge in [0.1, 0.15) is 0 Å². The van der Waals surface area contributed by atoms with E-state index in [0.717, 1.165) is 0 Å². The summed E-state index contributed by atoms with van der Waals surface area (Å²) in [5, 5.41) is 0. The molecule has 1 aliphatic carbocycles. The number of aromatic nitrogens is 1. The number of nitrogens with zero attached hydrogens (tertiary/aromatic N) is 1. The van der Waals surface area contributed by atoms with E-state index in [0.29, 0.717) is 16.2 Å². The second-order valence-electron chi connectivity index (χ2n) is 4.13. The lowest BCUT2D eigenvalue weighted by Gasteiger charge is -2.25. The fraction of sp³-hybridized carbons (Fsp3) is 0.545. The maximum absolute atomic E-state index is 11.4. The molecule has 3 nitrogen and oxygen atoms in total. The van der Waals surface area contributed by atoms with Crippen LogP contribution in [0.3, 0.4) is 0 Å². The molecule has 2 N–H and O–H groups in total. The molecule has 1 heterocycles. The van der Waals surface area contributed by atoms with Gasteiger partial charge in [-0.2, -0.15) is 0 Å². The van der Waals surface area contributed by atoms with Crippen molar-refractivity contribution in [3.63, 3.8) is 0 Å². The van der Waals surface area contributed by atoms with Crippen molar-refractivity contribution < 1.29 is 0 Å². The molecule has 1 saturated carbocycles. The predicted octanol–water partition coefficient (Wildman–Crippen LogP) is 2.70. The molecule has 1 fully saturated rings. The molecule has 15 heavy (non-hydrogen) atoms. The van der Waals surface area contributed by atoms with Crippen molar-refractivity contribution in [2.75, 3.05) is 5.73 Å². The largest absolute Gasteiger partial charge is 0.394 e. The van der Waals surface area contributed by atoms with Crippen LogP contribution in [0.2, 0.25) is 0 Å². The number of hydrogen-bond acceptors (Lipinski definition) is 2. The molecule has 0 aromatic carbocycles. The summed E-state index contributed by atoms with van der Waals surface area (Å²) >= 11 is 3.25. The van der Waals surface area contributed by atoms with Gasteiger partial charge in [-0.1, -0.05) is 19.3 Å². The number of pyridine rings is 1. The van der Waals surface area contributed by atoms with Crippen LogP contribution in [0.5, 0.6) is 0 Å². The zero-order valence-corrected chi connectivity index (χ0v) is 10.2. The molecular formula is C11H15BrN2O. The zero-order valence-electron chi connectivity index (χ0n) is 8.58. The molecule has 4 heteroatoms. The van der Waals surface area contributed by atoms with E-state index < -0.39 is 0 Å². The van der Waals surface area contributed by atoms with Crippen molar-refractivity contribution in [3.05, 3.63) is 27.1 Å². The SMILES string of the molecule is Nc1cn(C2CCCCC2)cc(Br)c1=O. The Bertz CT molecular complexity index is 381. The molecule has 1 aromatic rings. The van der Waals surface area contributed by atoms with Gasteiger partial charge in [0, 0.05) is 18.4 Å². The molecule has 0 bridgehead atoms. The van der Waals surface area contributed by atoms with E-state index in [-0.39, 0.29) is 5.43 Å². The van der Waals surface area contributed by atoms with E-state index in [2.05, 4.69) is 20.5 Å². The first-order valence-electron chi connectivity index (χ1n) is 5.35. The van der Waals surface area contributed by atoms with Crippen molar-refractivity contribution in [3.8, 4) is 0 Å². The van der Waals surface area contributed by atoms with Crippen LogP contribution < -0.4 is 11.2 Å². The highest BCUT2D eigenvalue weighted by atomic mass is 79.9. The van der Waals surface area contributed by atoms with Gasteiger partial charge < -0.3 is 10.3 Å². The number of nitrogen functional groups attached to an aromatic ring is 1. The van der Waals surface area contributed by atoms with Gasteiger partial charge in [0.2, 0.25) is 5.43 Å². The summed E-state index contributed by atoms with van der Waals surface area (Å²) < 4.78 is 2.65. The number of rotatable bonds is 1. The Morgan fingerprint density at radius 1 is 1.27 bits per heavy atom. The highest BCUT2D eigenvalue weighted by Crippen LogP contribution is 2.28. The quantitative estimate of drug-likeness (QED) is 0.853. The standard InChI is InChI=1S/C11H15BrN2O/c12-9-6-14(7-10(13)11(9)15)8-4-2-1-3-5-8/h6-8H,1-5,13H2. The molecule has 0 atom stereocenters. The number of hydrogen-bond donors (Lipinski definition) is 1. The minimum atomic E-state index is -0.109. The highest BCUT2D eigenvalue weighted by molar-refractivity contribution is 9.10. The molecule has 1 aliphatic rings. The summed E-state index contributed by atoms with van der Waals surface area (Å²) in [7, 11) is 0. The second kappa shape index (κ2) is 4.39. The van der Waals surface area contributed by atoms with E-state index in [1.165, 1.54) is 32.1 Å². The van der Waals surface area contributed by atoms with Gasteiger partial charge in [-0.25, -0.2) is 0 Å². The van der Waals surface area contributed by atoms with Crippen LogP contribution >= 0.6 is 15.9 Å². The van der Waals surface area contributed by atoms with E-state index in [1.807, 2.05) is 6.20 Å². The second-order valence-corrected chi connectivity index (χ2v) is 4.98. The van der Waals surface area contributed by atoms with Gasteiger partial charge in [-0.3, -0.25) is 4.79 Å². The molecule has 82 valence electrons. The molecule has 0 aliphatic heterocycles. The minimum absolute atomic E-state index is 0.109. The van der Waals surface area contributed by atoms with E-state index >= 15 is 0 Å². The molecule has 0 amide bonds. The number of anilines is 1. The Morgan fingerprint density at radius 3 is 2.53 bits per heavy atom. The third-order valence-corrected chi connectivity index (χ3v) is 3.59. The van der Waals surface area contributed by atoms with Gasteiger partial charge in [0.25, 0.3) is 0 Å². The van der Waals surface area contributed by atoms with Gasteiger partial charge in [0.15, 0.2) is 0 Å². The number of halogens is 1. The summed E-state index contributed by atoms with van der Waals surface area (Å²) in [4.78, 5) is 11.4. The normalized spacial score (nSPS) is 17.9. The fourth-order valence-electron chi connectivity index (χ4n) is 2.17. The molecule has 0 radical (unpaired) electrons. The predicted molar refractivity (Wildman–Crippen MR) is 64.9 cm³/mol. The van der Waals surface area contributed by atoms with Crippen molar-refractivity contribution in [1.82, 2.24) is 4.57 Å². The molecule has 0 unspecified atom stereocenters. The van der Waals surface area contributed by atoms with E-state index in [9.17, 15) is 4.79 Å². The average molecular weight is 271 g/mol. The van der Waals surface area contributed by atoms with Crippen molar-refractivity contribution in [2.24, 2.45) is 0 Å². The minimum Gasteiger partial charge on any atom is -0.394 e. The van der Waals surface area contributed by atoms with E-state index in [1.54, 1.807) is 6.20 Å². The Labute approximate surface area is 97.4 Å². The molecule has 2 rings (SSSR count). The Morgan fingerprint density at radius 2 is 1.93 bits per heavy atom. The van der Waals surface area contributed by atoms with Crippen molar-refractivity contribution >= 4 is 21.6 Å². The van der Waals surface area contributed by atoms with Crippen LogP contribution in [0.4, 0.5) is 5.69 Å². The summed E-state index contributed by atoms with van der Waals surface area (Å²) in [6.07, 6.45) is 9.87. The first-order chi connectivity index (χ1) is 7.18. The van der Waals surface area contributed by atoms with Crippen LogP contribution in [0, 0.1) is 0 Å². The summed E-state index contributed by atoms with van der Waals surface area (Å²) in [5.41, 5.74) is 5.88. The first kappa shape index (κ1) is 10.7. The molecule has 0 saturated heterocycles. The third-order valence-electron chi connectivity index (χ3n) is 3.03. The maximum Gasteiger partial charge on any atom is 0.218 e. The fourth-order valence-corrected chi connectivity index (χ4v) is 2.64. The van der Waals surface area contributed by atoms with Gasteiger partial charge in [0.05, 0.1) is 10.2 Å². The van der Waals surface area contributed by atoms with Crippen LogP contribution in [0.25, 0.3) is 0 Å².